The summed E-state index contributed by atoms with van der Waals surface area (Å²) >= 11 is 0. The maximum atomic E-state index is 12.3. The molecule has 0 saturated heterocycles. The SMILES string of the molecule is C=C(CCC1CCCC(BC)CCC1)NC(=O)COC1CCCCCCCCC1. The number of carbonyl (C=O) groups is 1. The van der Waals surface area contributed by atoms with E-state index < -0.39 is 0 Å². The van der Waals surface area contributed by atoms with Crippen LogP contribution in [0.3, 0.4) is 0 Å². The van der Waals surface area contributed by atoms with Gasteiger partial charge in [0, 0.05) is 5.70 Å². The van der Waals surface area contributed by atoms with Crippen molar-refractivity contribution < 1.29 is 9.53 Å². The number of hydrogen-bond donors (Lipinski definition) is 1. The summed E-state index contributed by atoms with van der Waals surface area (Å²) < 4.78 is 5.97. The van der Waals surface area contributed by atoms with Gasteiger partial charge < -0.3 is 10.1 Å². The van der Waals surface area contributed by atoms with Crippen molar-refractivity contribution in [3.05, 3.63) is 12.3 Å². The zero-order valence-electron chi connectivity index (χ0n) is 19.2. The minimum Gasteiger partial charge on any atom is -0.368 e. The molecule has 2 aliphatic rings. The third-order valence-corrected chi connectivity index (χ3v) is 7.20. The van der Waals surface area contributed by atoms with E-state index in [1.54, 1.807) is 0 Å². The first kappa shape index (κ1) is 24.5. The van der Waals surface area contributed by atoms with Gasteiger partial charge in [0.15, 0.2) is 0 Å². The Morgan fingerprint density at radius 2 is 1.48 bits per heavy atom. The van der Waals surface area contributed by atoms with E-state index in [9.17, 15) is 4.79 Å². The number of nitrogens with one attached hydrogen (secondary N) is 1. The van der Waals surface area contributed by atoms with Crippen molar-refractivity contribution in [2.75, 3.05) is 6.61 Å². The Kier molecular flexibility index (Phi) is 12.8. The predicted molar refractivity (Wildman–Crippen MR) is 126 cm³/mol. The van der Waals surface area contributed by atoms with Crippen molar-refractivity contribution >= 4 is 13.2 Å². The normalized spacial score (nSPS) is 25.4. The van der Waals surface area contributed by atoms with Gasteiger partial charge in [0.2, 0.25) is 5.91 Å². The highest BCUT2D eigenvalue weighted by Crippen LogP contribution is 2.31. The van der Waals surface area contributed by atoms with Crippen LogP contribution in [0.5, 0.6) is 0 Å². The van der Waals surface area contributed by atoms with Crippen molar-refractivity contribution in [1.82, 2.24) is 5.32 Å². The molecule has 2 aliphatic carbocycles. The lowest BCUT2D eigenvalue weighted by molar-refractivity contribution is -0.127. The van der Waals surface area contributed by atoms with Crippen molar-refractivity contribution in [2.24, 2.45) is 5.92 Å². The Labute approximate surface area is 181 Å². The van der Waals surface area contributed by atoms with Crippen molar-refractivity contribution in [3.8, 4) is 0 Å². The molecule has 2 saturated carbocycles. The molecule has 29 heavy (non-hydrogen) atoms. The lowest BCUT2D eigenvalue weighted by Crippen LogP contribution is -2.29. The molecule has 0 radical (unpaired) electrons. The number of amides is 1. The van der Waals surface area contributed by atoms with Gasteiger partial charge in [-0.25, -0.2) is 0 Å². The van der Waals surface area contributed by atoms with Gasteiger partial charge in [-0.3, -0.25) is 4.79 Å². The van der Waals surface area contributed by atoms with Gasteiger partial charge in [-0.15, -0.1) is 0 Å². The molecule has 1 N–H and O–H groups in total. The van der Waals surface area contributed by atoms with Gasteiger partial charge in [0.05, 0.1) is 6.10 Å². The first-order chi connectivity index (χ1) is 14.2. The highest BCUT2D eigenvalue weighted by atomic mass is 16.5. The number of rotatable bonds is 8. The standard InChI is InChI=1S/C25H46BNO2/c1-21(18-19-22-12-10-14-23(26-2)15-11-13-22)27-25(28)20-29-24-16-8-6-4-3-5-7-9-17-24/h22-24,26H,1,3-20H2,2H3,(H,27,28). The second-order valence-corrected chi connectivity index (χ2v) is 9.68. The molecule has 0 aliphatic heterocycles. The summed E-state index contributed by atoms with van der Waals surface area (Å²) in [6.45, 7) is 6.62. The monoisotopic (exact) mass is 403 g/mol. The van der Waals surface area contributed by atoms with E-state index in [2.05, 4.69) is 18.7 Å². The molecule has 0 atom stereocenters. The predicted octanol–water partition coefficient (Wildman–Crippen LogP) is 6.55. The first-order valence-corrected chi connectivity index (χ1v) is 12.8. The highest BCUT2D eigenvalue weighted by Gasteiger charge is 2.17. The molecule has 2 fully saturated rings. The van der Waals surface area contributed by atoms with Gasteiger partial charge in [0.1, 0.15) is 13.9 Å². The van der Waals surface area contributed by atoms with E-state index in [4.69, 9.17) is 4.74 Å². The Morgan fingerprint density at radius 3 is 2.07 bits per heavy atom. The molecule has 0 spiro atoms. The maximum absolute atomic E-state index is 12.3. The molecule has 166 valence electrons. The molecule has 4 heteroatoms. The Hall–Kier alpha value is -0.765. The average Bonchev–Trinajstić information content (AvgIpc) is 2.70. The van der Waals surface area contributed by atoms with Crippen molar-refractivity contribution in [1.29, 1.82) is 0 Å². The largest absolute Gasteiger partial charge is 0.368 e. The Balaban J connectivity index is 1.59. The second kappa shape index (κ2) is 15.1. The molecule has 0 aromatic carbocycles. The summed E-state index contributed by atoms with van der Waals surface area (Å²) in [4.78, 5) is 12.3. The van der Waals surface area contributed by atoms with Gasteiger partial charge >= 0.3 is 0 Å². The molecule has 0 heterocycles. The van der Waals surface area contributed by atoms with Gasteiger partial charge in [-0.1, -0.05) is 103 Å². The van der Waals surface area contributed by atoms with E-state index in [-0.39, 0.29) is 18.6 Å². The molecule has 0 aromatic heterocycles. The lowest BCUT2D eigenvalue weighted by atomic mass is 9.61. The molecule has 0 unspecified atom stereocenters. The maximum Gasteiger partial charge on any atom is 0.250 e. The van der Waals surface area contributed by atoms with Crippen LogP contribution in [0.1, 0.15) is 109 Å². The second-order valence-electron chi connectivity index (χ2n) is 9.68. The van der Waals surface area contributed by atoms with E-state index >= 15 is 0 Å². The van der Waals surface area contributed by atoms with Crippen LogP contribution < -0.4 is 5.32 Å². The van der Waals surface area contributed by atoms with E-state index in [1.165, 1.54) is 97.2 Å². The first-order valence-electron chi connectivity index (χ1n) is 12.8. The number of hydrogen-bond acceptors (Lipinski definition) is 2. The topological polar surface area (TPSA) is 38.3 Å². The molecule has 2 rings (SSSR count). The zero-order chi connectivity index (χ0) is 20.7. The molecule has 1 amide bonds. The summed E-state index contributed by atoms with van der Waals surface area (Å²) in [7, 11) is 1.34. The molecular weight excluding hydrogens is 357 g/mol. The van der Waals surface area contributed by atoms with Crippen LogP contribution in [0.25, 0.3) is 0 Å². The zero-order valence-corrected chi connectivity index (χ0v) is 19.2. The van der Waals surface area contributed by atoms with Crippen LogP contribution >= 0.6 is 0 Å². The number of allylic oxidation sites excluding steroid dienone is 1. The Bertz CT molecular complexity index is 448. The van der Waals surface area contributed by atoms with Crippen molar-refractivity contribution in [3.63, 3.8) is 0 Å². The smallest absolute Gasteiger partial charge is 0.250 e. The third-order valence-electron chi connectivity index (χ3n) is 7.20. The van der Waals surface area contributed by atoms with Crippen LogP contribution in [-0.4, -0.2) is 25.9 Å². The van der Waals surface area contributed by atoms with Crippen LogP contribution in [0.2, 0.25) is 12.6 Å². The number of carbonyl (C=O) groups excluding carboxylic acids is 1. The number of ether oxygens (including phenoxy) is 1. The molecular formula is C25H46BNO2. The minimum absolute atomic E-state index is 0.0180. The fourth-order valence-corrected chi connectivity index (χ4v) is 5.18. The summed E-state index contributed by atoms with van der Waals surface area (Å²) in [5.74, 6) is 1.74. The average molecular weight is 403 g/mol. The Morgan fingerprint density at radius 1 is 0.897 bits per heavy atom. The molecule has 0 aromatic rings. The van der Waals surface area contributed by atoms with Crippen LogP contribution in [0.4, 0.5) is 0 Å². The lowest BCUT2D eigenvalue weighted by Gasteiger charge is -2.24. The highest BCUT2D eigenvalue weighted by molar-refractivity contribution is 6.35. The fourth-order valence-electron chi connectivity index (χ4n) is 5.18. The summed E-state index contributed by atoms with van der Waals surface area (Å²) in [5.41, 5.74) is 0.873. The fraction of sp³-hybridized carbons (Fsp3) is 0.880. The van der Waals surface area contributed by atoms with E-state index in [0.717, 1.165) is 36.7 Å². The van der Waals surface area contributed by atoms with Crippen molar-refractivity contribution in [2.45, 2.75) is 128 Å². The van der Waals surface area contributed by atoms with Gasteiger partial charge in [0.25, 0.3) is 0 Å². The van der Waals surface area contributed by atoms with Crippen LogP contribution in [0.15, 0.2) is 12.3 Å². The van der Waals surface area contributed by atoms with Crippen LogP contribution in [-0.2, 0) is 9.53 Å². The third kappa shape index (κ3) is 11.3. The summed E-state index contributed by atoms with van der Waals surface area (Å²) in [5, 5.41) is 3.00. The quantitative estimate of drug-likeness (QED) is 0.467. The summed E-state index contributed by atoms with van der Waals surface area (Å²) in [6.07, 6.45) is 22.0. The molecule has 3 nitrogen and oxygen atoms in total. The van der Waals surface area contributed by atoms with Gasteiger partial charge in [-0.05, 0) is 31.6 Å². The van der Waals surface area contributed by atoms with E-state index in [0.29, 0.717) is 0 Å². The summed E-state index contributed by atoms with van der Waals surface area (Å²) in [6, 6.07) is 0. The van der Waals surface area contributed by atoms with Crippen LogP contribution in [0, 0.1) is 5.92 Å². The van der Waals surface area contributed by atoms with E-state index in [1.807, 2.05) is 0 Å². The minimum atomic E-state index is -0.0180. The van der Waals surface area contributed by atoms with Gasteiger partial charge in [-0.2, -0.15) is 0 Å². The molecule has 0 bridgehead atoms.